The predicted molar refractivity (Wildman–Crippen MR) is 136 cm³/mol. The van der Waals surface area contributed by atoms with Gasteiger partial charge in [-0.25, -0.2) is 0 Å². The number of carboxylic acids is 1. The van der Waals surface area contributed by atoms with Crippen LogP contribution in [0.15, 0.2) is 18.2 Å². The number of carboxylic acid groups (broad SMARTS) is 1. The lowest BCUT2D eigenvalue weighted by Gasteiger charge is -2.38. The predicted octanol–water partition coefficient (Wildman–Crippen LogP) is 6.53. The van der Waals surface area contributed by atoms with Crippen molar-refractivity contribution in [2.24, 2.45) is 11.8 Å². The van der Waals surface area contributed by atoms with Crippen LogP contribution >= 0.6 is 11.8 Å². The van der Waals surface area contributed by atoms with Crippen LogP contribution in [0.1, 0.15) is 83.6 Å². The average Bonchev–Trinajstić information content (AvgIpc) is 3.57. The summed E-state index contributed by atoms with van der Waals surface area (Å²) in [6, 6.07) is 6.67. The van der Waals surface area contributed by atoms with Crippen molar-refractivity contribution >= 4 is 39.3 Å². The largest absolute Gasteiger partial charge is 0.481 e. The van der Waals surface area contributed by atoms with Crippen LogP contribution in [0.3, 0.4) is 0 Å². The van der Waals surface area contributed by atoms with Crippen molar-refractivity contribution in [1.82, 2.24) is 0 Å². The van der Waals surface area contributed by atoms with Crippen LogP contribution < -0.4 is 10.2 Å². The van der Waals surface area contributed by atoms with Crippen molar-refractivity contribution < 1.29 is 9.90 Å². The van der Waals surface area contributed by atoms with Crippen LogP contribution in [0.25, 0.3) is 0 Å². The number of aliphatic carboxylic acids is 1. The molecule has 0 radical (unpaired) electrons. The summed E-state index contributed by atoms with van der Waals surface area (Å²) in [5, 5.41) is 30.0. The molecule has 176 valence electrons. The van der Waals surface area contributed by atoms with Gasteiger partial charge in [-0.05, 0) is 67.0 Å². The van der Waals surface area contributed by atoms with Gasteiger partial charge in [0.1, 0.15) is 0 Å². The highest BCUT2D eigenvalue weighted by Crippen LogP contribution is 2.38. The van der Waals surface area contributed by atoms with Crippen molar-refractivity contribution in [3.63, 3.8) is 0 Å². The minimum Gasteiger partial charge on any atom is -0.481 e. The van der Waals surface area contributed by atoms with Crippen LogP contribution in [0.5, 0.6) is 0 Å². The van der Waals surface area contributed by atoms with Gasteiger partial charge in [-0.2, -0.15) is 0 Å². The first kappa shape index (κ1) is 24.6. The first-order chi connectivity index (χ1) is 15.2. The van der Waals surface area contributed by atoms with Crippen molar-refractivity contribution in [2.45, 2.75) is 84.1 Å². The molecule has 2 aliphatic carbocycles. The van der Waals surface area contributed by atoms with Gasteiger partial charge < -0.3 is 15.3 Å². The fourth-order valence-electron chi connectivity index (χ4n) is 4.51. The van der Waals surface area contributed by atoms with Gasteiger partial charge in [0.05, 0.1) is 22.8 Å². The van der Waals surface area contributed by atoms with Crippen LogP contribution in [-0.2, 0) is 4.79 Å². The number of nitrogens with one attached hydrogen (secondary N) is 3. The highest BCUT2D eigenvalue weighted by Gasteiger charge is 2.29. The van der Waals surface area contributed by atoms with E-state index in [0.717, 1.165) is 36.3 Å². The van der Waals surface area contributed by atoms with Crippen LogP contribution in [-0.4, -0.2) is 33.9 Å². The van der Waals surface area contributed by atoms with Gasteiger partial charge in [-0.1, -0.05) is 46.1 Å². The Morgan fingerprint density at radius 2 is 1.84 bits per heavy atom. The van der Waals surface area contributed by atoms with Gasteiger partial charge >= 0.3 is 5.97 Å². The monoisotopic (exact) mass is 458 g/mol. The molecule has 4 N–H and O–H groups in total. The molecule has 1 aromatic carbocycles. The lowest BCUT2D eigenvalue weighted by molar-refractivity contribution is -0.137. The second kappa shape index (κ2) is 11.2. The Morgan fingerprint density at radius 3 is 2.44 bits per heavy atom. The molecular formula is C25H38N4O2S. The van der Waals surface area contributed by atoms with Crippen molar-refractivity contribution in [2.75, 3.05) is 16.8 Å². The van der Waals surface area contributed by atoms with E-state index in [9.17, 15) is 9.90 Å². The standard InChI is InChI=1S/C25H38N4O2S/c1-16(2)15-29(20-7-5-4-6-8-20)22-12-11-19(17(3)13-23(30)31)14-21(22)28-25(27)32-24(26)18-9-10-18/h11-12,14,16-18,20,26H,4-10,13,15H2,1-3H3,(H2,27,28)(H,30,31)/t17-/m0/s1. The smallest absolute Gasteiger partial charge is 0.303 e. The van der Waals surface area contributed by atoms with E-state index in [-0.39, 0.29) is 17.5 Å². The molecule has 32 heavy (non-hydrogen) atoms. The van der Waals surface area contributed by atoms with Crippen LogP contribution in [0.4, 0.5) is 11.4 Å². The molecule has 0 heterocycles. The topological polar surface area (TPSA) is 100 Å². The van der Waals surface area contributed by atoms with E-state index in [1.54, 1.807) is 0 Å². The maximum atomic E-state index is 11.3. The van der Waals surface area contributed by atoms with Gasteiger partial charge in [0.25, 0.3) is 0 Å². The molecule has 0 aliphatic heterocycles. The lowest BCUT2D eigenvalue weighted by Crippen LogP contribution is -2.40. The summed E-state index contributed by atoms with van der Waals surface area (Å²) >= 11 is 1.20. The molecule has 3 rings (SSSR count). The minimum absolute atomic E-state index is 0.0790. The molecule has 1 aromatic rings. The first-order valence-electron chi connectivity index (χ1n) is 12.0. The third-order valence-corrected chi connectivity index (χ3v) is 7.22. The summed E-state index contributed by atoms with van der Waals surface area (Å²) < 4.78 is 0. The zero-order chi connectivity index (χ0) is 23.3. The summed E-state index contributed by atoms with van der Waals surface area (Å²) in [7, 11) is 0. The number of thioether (sulfide) groups is 1. The lowest BCUT2D eigenvalue weighted by atomic mass is 9.92. The Hall–Kier alpha value is -2.02. The molecule has 2 fully saturated rings. The van der Waals surface area contributed by atoms with E-state index in [0.29, 0.717) is 22.9 Å². The minimum atomic E-state index is -0.805. The number of benzene rings is 1. The van der Waals surface area contributed by atoms with E-state index in [1.807, 2.05) is 19.1 Å². The molecule has 2 saturated carbocycles. The summed E-state index contributed by atoms with van der Waals surface area (Å²) in [5.41, 5.74) is 2.90. The number of carbonyl (C=O) groups is 1. The molecule has 0 saturated heterocycles. The second-order valence-corrected chi connectivity index (χ2v) is 10.9. The van der Waals surface area contributed by atoms with E-state index < -0.39 is 5.97 Å². The van der Waals surface area contributed by atoms with Gasteiger partial charge in [0.15, 0.2) is 5.17 Å². The molecule has 2 aliphatic rings. The summed E-state index contributed by atoms with van der Waals surface area (Å²) in [6.45, 7) is 7.35. The molecule has 7 heteroatoms. The van der Waals surface area contributed by atoms with Gasteiger partial charge in [-0.15, -0.1) is 0 Å². The fourth-order valence-corrected chi connectivity index (χ4v) is 5.29. The highest BCUT2D eigenvalue weighted by molar-refractivity contribution is 8.26. The third kappa shape index (κ3) is 6.99. The number of nitrogens with zero attached hydrogens (tertiary/aromatic N) is 1. The van der Waals surface area contributed by atoms with E-state index in [2.05, 4.69) is 30.1 Å². The van der Waals surface area contributed by atoms with Crippen LogP contribution in [0.2, 0.25) is 0 Å². The van der Waals surface area contributed by atoms with Crippen molar-refractivity contribution in [3.8, 4) is 0 Å². The Kier molecular flexibility index (Phi) is 8.63. The molecule has 0 spiro atoms. The van der Waals surface area contributed by atoms with E-state index in [1.165, 1.54) is 43.9 Å². The first-order valence-corrected chi connectivity index (χ1v) is 12.8. The number of hydrogen-bond acceptors (Lipinski definition) is 5. The Balaban J connectivity index is 1.90. The third-order valence-electron chi connectivity index (χ3n) is 6.37. The zero-order valence-electron chi connectivity index (χ0n) is 19.6. The normalized spacial score (nSPS) is 17.8. The van der Waals surface area contributed by atoms with Gasteiger partial charge in [0.2, 0.25) is 0 Å². The van der Waals surface area contributed by atoms with E-state index >= 15 is 0 Å². The molecule has 0 aromatic heterocycles. The molecule has 6 nitrogen and oxygen atoms in total. The van der Waals surface area contributed by atoms with Crippen molar-refractivity contribution in [1.29, 1.82) is 10.8 Å². The second-order valence-electron chi connectivity index (χ2n) is 9.81. The molecule has 0 bridgehead atoms. The van der Waals surface area contributed by atoms with Gasteiger partial charge in [-0.3, -0.25) is 15.6 Å². The van der Waals surface area contributed by atoms with E-state index in [4.69, 9.17) is 10.8 Å². The SMILES string of the molecule is CC(C)CN(c1ccc([C@@H](C)CC(=O)O)cc1NC(=N)SC(=N)C1CC1)C1CCCCC1. The summed E-state index contributed by atoms with van der Waals surface area (Å²) in [6.07, 6.45) is 8.35. The van der Waals surface area contributed by atoms with Crippen LogP contribution in [0, 0.1) is 22.7 Å². The Bertz CT molecular complexity index is 831. The Labute approximate surface area is 196 Å². The maximum absolute atomic E-state index is 11.3. The maximum Gasteiger partial charge on any atom is 0.303 e. The Morgan fingerprint density at radius 1 is 1.16 bits per heavy atom. The highest BCUT2D eigenvalue weighted by atomic mass is 32.2. The fraction of sp³-hybridized carbons (Fsp3) is 0.640. The number of hydrogen-bond donors (Lipinski definition) is 4. The number of rotatable bonds is 9. The van der Waals surface area contributed by atoms with Gasteiger partial charge in [0, 0.05) is 18.5 Å². The molecule has 0 amide bonds. The number of amidine groups is 1. The molecular weight excluding hydrogens is 420 g/mol. The molecule has 1 atom stereocenters. The van der Waals surface area contributed by atoms with Crippen molar-refractivity contribution in [3.05, 3.63) is 23.8 Å². The number of anilines is 2. The quantitative estimate of drug-likeness (QED) is 0.249. The summed E-state index contributed by atoms with van der Waals surface area (Å²) in [5.74, 6) is -0.0849. The average molecular weight is 459 g/mol. The summed E-state index contributed by atoms with van der Waals surface area (Å²) in [4.78, 5) is 13.8. The zero-order valence-corrected chi connectivity index (χ0v) is 20.4. The molecule has 0 unspecified atom stereocenters.